The van der Waals surface area contributed by atoms with Gasteiger partial charge in [0.25, 0.3) is 0 Å². The molecule has 0 radical (unpaired) electrons. The van der Waals surface area contributed by atoms with E-state index in [4.69, 9.17) is 0 Å². The molecule has 0 aromatic heterocycles. The minimum Gasteiger partial charge on any atom is -0.349 e. The van der Waals surface area contributed by atoms with Crippen molar-refractivity contribution in [1.82, 2.24) is 5.32 Å². The van der Waals surface area contributed by atoms with Crippen LogP contribution < -0.4 is 5.32 Å². The number of Topliss-reactive ketones (excluding diaryl/α,β-unsaturated/α-hetero) is 1. The topological polar surface area (TPSA) is 46.2 Å². The lowest BCUT2D eigenvalue weighted by Crippen LogP contribution is -2.43. The molecule has 0 heterocycles. The summed E-state index contributed by atoms with van der Waals surface area (Å²) in [6.07, 6.45) is 4.37. The van der Waals surface area contributed by atoms with Gasteiger partial charge in [-0.1, -0.05) is 18.6 Å². The third-order valence-electron chi connectivity index (χ3n) is 5.15. The zero-order chi connectivity index (χ0) is 15.7. The molecule has 2 fully saturated rings. The summed E-state index contributed by atoms with van der Waals surface area (Å²) >= 11 is 0. The Labute approximate surface area is 130 Å². The Balaban J connectivity index is 1.62. The molecule has 3 nitrogen and oxygen atoms in total. The summed E-state index contributed by atoms with van der Waals surface area (Å²) < 4.78 is 13.0. The Morgan fingerprint density at radius 1 is 1.18 bits per heavy atom. The van der Waals surface area contributed by atoms with E-state index < -0.39 is 0 Å². The fraction of sp³-hybridized carbons (Fsp3) is 0.556. The number of hydrogen-bond donors (Lipinski definition) is 1. The first-order chi connectivity index (χ1) is 10.5. The minimum absolute atomic E-state index is 0.0289. The molecule has 0 saturated heterocycles. The van der Waals surface area contributed by atoms with Crippen molar-refractivity contribution in [1.29, 1.82) is 0 Å². The molecule has 3 unspecified atom stereocenters. The average Bonchev–Trinajstić information content (AvgIpc) is 2.47. The van der Waals surface area contributed by atoms with Crippen LogP contribution in [0, 0.1) is 23.6 Å². The van der Waals surface area contributed by atoms with Crippen LogP contribution in [0.2, 0.25) is 0 Å². The Morgan fingerprint density at radius 3 is 2.36 bits per heavy atom. The van der Waals surface area contributed by atoms with E-state index in [-0.39, 0.29) is 35.5 Å². The highest BCUT2D eigenvalue weighted by atomic mass is 19.1. The van der Waals surface area contributed by atoms with Crippen LogP contribution in [0.5, 0.6) is 0 Å². The van der Waals surface area contributed by atoms with Gasteiger partial charge in [0.1, 0.15) is 11.6 Å². The first kappa shape index (κ1) is 15.2. The number of carbonyl (C=O) groups is 2. The zero-order valence-electron chi connectivity index (χ0n) is 12.8. The maximum Gasteiger partial charge on any atom is 0.223 e. The number of fused-ring (bicyclic) bond motifs is 2. The predicted molar refractivity (Wildman–Crippen MR) is 81.5 cm³/mol. The number of carbonyl (C=O) groups excluding carboxylic acids is 2. The van der Waals surface area contributed by atoms with Gasteiger partial charge in [0.15, 0.2) is 0 Å². The van der Waals surface area contributed by atoms with E-state index in [2.05, 4.69) is 5.32 Å². The van der Waals surface area contributed by atoms with Crippen LogP contribution in [-0.4, -0.2) is 11.7 Å². The standard InChI is InChI=1S/C18H22FNO2/c1-11(12-5-7-16(19)8-6-12)20-18(22)15-9-13-3-2-4-14(10-15)17(13)21/h5-8,11,13-15H,2-4,9-10H2,1H3,(H,20,22). The van der Waals surface area contributed by atoms with Crippen molar-refractivity contribution in [3.63, 3.8) is 0 Å². The van der Waals surface area contributed by atoms with Gasteiger partial charge in [0, 0.05) is 17.8 Å². The largest absolute Gasteiger partial charge is 0.349 e. The summed E-state index contributed by atoms with van der Waals surface area (Å²) in [5.74, 6) is 0.244. The zero-order valence-corrected chi connectivity index (χ0v) is 12.8. The molecule has 4 heteroatoms. The Kier molecular flexibility index (Phi) is 4.27. The molecule has 2 aliphatic rings. The molecule has 0 spiro atoms. The Hall–Kier alpha value is -1.71. The third kappa shape index (κ3) is 3.06. The fourth-order valence-electron chi connectivity index (χ4n) is 3.86. The fourth-order valence-corrected chi connectivity index (χ4v) is 3.86. The monoisotopic (exact) mass is 303 g/mol. The lowest BCUT2D eigenvalue weighted by molar-refractivity contribution is -0.137. The molecule has 1 aromatic rings. The number of amides is 1. The molecule has 3 atom stereocenters. The Bertz CT molecular complexity index is 553. The highest BCUT2D eigenvalue weighted by Gasteiger charge is 2.41. The maximum absolute atomic E-state index is 13.0. The summed E-state index contributed by atoms with van der Waals surface area (Å²) in [5, 5.41) is 3.02. The van der Waals surface area contributed by atoms with Gasteiger partial charge >= 0.3 is 0 Å². The van der Waals surface area contributed by atoms with E-state index in [1.807, 2.05) is 6.92 Å². The molecule has 22 heavy (non-hydrogen) atoms. The van der Waals surface area contributed by atoms with Crippen LogP contribution in [0.1, 0.15) is 50.6 Å². The Morgan fingerprint density at radius 2 is 1.77 bits per heavy atom. The van der Waals surface area contributed by atoms with Crippen molar-refractivity contribution in [2.75, 3.05) is 0 Å². The van der Waals surface area contributed by atoms with E-state index in [1.54, 1.807) is 12.1 Å². The second-order valence-corrected chi connectivity index (χ2v) is 6.68. The van der Waals surface area contributed by atoms with Gasteiger partial charge in [-0.15, -0.1) is 0 Å². The average molecular weight is 303 g/mol. The highest BCUT2D eigenvalue weighted by molar-refractivity contribution is 5.88. The van der Waals surface area contributed by atoms with Crippen LogP contribution in [-0.2, 0) is 9.59 Å². The second-order valence-electron chi connectivity index (χ2n) is 6.68. The van der Waals surface area contributed by atoms with Gasteiger partial charge < -0.3 is 5.32 Å². The first-order valence-corrected chi connectivity index (χ1v) is 8.14. The van der Waals surface area contributed by atoms with E-state index in [9.17, 15) is 14.0 Å². The molecule has 2 bridgehead atoms. The number of rotatable bonds is 3. The smallest absolute Gasteiger partial charge is 0.223 e. The summed E-state index contributed by atoms with van der Waals surface area (Å²) in [6, 6.07) is 6.05. The van der Waals surface area contributed by atoms with Gasteiger partial charge in [0.2, 0.25) is 5.91 Å². The maximum atomic E-state index is 13.0. The summed E-state index contributed by atoms with van der Waals surface area (Å²) in [7, 11) is 0. The highest BCUT2D eigenvalue weighted by Crippen LogP contribution is 2.40. The molecule has 2 aliphatic carbocycles. The molecule has 2 saturated carbocycles. The van der Waals surface area contributed by atoms with Crippen molar-refractivity contribution in [2.45, 2.75) is 45.1 Å². The number of halogens is 1. The second kappa shape index (κ2) is 6.19. The van der Waals surface area contributed by atoms with Gasteiger partial charge in [-0.3, -0.25) is 9.59 Å². The van der Waals surface area contributed by atoms with Gasteiger partial charge in [-0.25, -0.2) is 4.39 Å². The lowest BCUT2D eigenvalue weighted by Gasteiger charge is -2.37. The van der Waals surface area contributed by atoms with Crippen molar-refractivity contribution in [3.05, 3.63) is 35.6 Å². The van der Waals surface area contributed by atoms with E-state index in [1.165, 1.54) is 12.1 Å². The number of nitrogens with one attached hydrogen (secondary N) is 1. The molecule has 118 valence electrons. The molecule has 1 aromatic carbocycles. The van der Waals surface area contributed by atoms with Crippen LogP contribution in [0.15, 0.2) is 24.3 Å². The summed E-state index contributed by atoms with van der Waals surface area (Å²) in [5.41, 5.74) is 0.891. The minimum atomic E-state index is -0.277. The molecular formula is C18H22FNO2. The molecule has 0 aliphatic heterocycles. The van der Waals surface area contributed by atoms with Crippen LogP contribution in [0.3, 0.4) is 0 Å². The third-order valence-corrected chi connectivity index (χ3v) is 5.15. The van der Waals surface area contributed by atoms with E-state index >= 15 is 0 Å². The lowest BCUT2D eigenvalue weighted by atomic mass is 9.67. The van der Waals surface area contributed by atoms with Crippen molar-refractivity contribution in [3.8, 4) is 0 Å². The van der Waals surface area contributed by atoms with Crippen LogP contribution in [0.25, 0.3) is 0 Å². The van der Waals surface area contributed by atoms with Crippen molar-refractivity contribution in [2.24, 2.45) is 17.8 Å². The first-order valence-electron chi connectivity index (χ1n) is 8.14. The van der Waals surface area contributed by atoms with Crippen LogP contribution >= 0.6 is 0 Å². The van der Waals surface area contributed by atoms with Crippen molar-refractivity contribution >= 4 is 11.7 Å². The molecule has 3 rings (SSSR count). The molecule has 1 amide bonds. The van der Waals surface area contributed by atoms with Crippen molar-refractivity contribution < 1.29 is 14.0 Å². The van der Waals surface area contributed by atoms with Crippen LogP contribution in [0.4, 0.5) is 4.39 Å². The van der Waals surface area contributed by atoms with Gasteiger partial charge in [-0.2, -0.15) is 0 Å². The SMILES string of the molecule is CC(NC(=O)C1CC2CCCC(C1)C2=O)c1ccc(F)cc1. The predicted octanol–water partition coefficient (Wildman–Crippen LogP) is 3.40. The molecular weight excluding hydrogens is 281 g/mol. The van der Waals surface area contributed by atoms with Gasteiger partial charge in [0.05, 0.1) is 6.04 Å². The quantitative estimate of drug-likeness (QED) is 0.930. The molecule has 1 N–H and O–H groups in total. The number of benzene rings is 1. The van der Waals surface area contributed by atoms with Gasteiger partial charge in [-0.05, 0) is 50.3 Å². The number of hydrogen-bond acceptors (Lipinski definition) is 2. The van der Waals surface area contributed by atoms with E-state index in [0.717, 1.165) is 24.8 Å². The number of ketones is 1. The summed E-state index contributed by atoms with van der Waals surface area (Å²) in [6.45, 7) is 1.90. The normalized spacial score (nSPS) is 29.0. The van der Waals surface area contributed by atoms with E-state index in [0.29, 0.717) is 18.6 Å². The summed E-state index contributed by atoms with van der Waals surface area (Å²) in [4.78, 5) is 24.6.